The van der Waals surface area contributed by atoms with Crippen molar-refractivity contribution in [3.63, 3.8) is 0 Å². The smallest absolute Gasteiger partial charge is 0.278 e. The van der Waals surface area contributed by atoms with Gasteiger partial charge in [0.2, 0.25) is 0 Å². The van der Waals surface area contributed by atoms with Gasteiger partial charge in [0.1, 0.15) is 11.5 Å². The van der Waals surface area contributed by atoms with Gasteiger partial charge in [0.05, 0.1) is 5.57 Å². The van der Waals surface area contributed by atoms with Gasteiger partial charge in [0.15, 0.2) is 0 Å². The fraction of sp³-hybridized carbons (Fsp3) is 0.167. The monoisotopic (exact) mass is 435 g/mol. The Balaban J connectivity index is 1.59. The van der Waals surface area contributed by atoms with Crippen molar-refractivity contribution in [3.8, 4) is 0 Å². The van der Waals surface area contributed by atoms with Crippen molar-refractivity contribution < 1.29 is 14.0 Å². The van der Waals surface area contributed by atoms with Gasteiger partial charge < -0.3 is 10.2 Å². The van der Waals surface area contributed by atoms with Crippen molar-refractivity contribution in [1.29, 1.82) is 0 Å². The third kappa shape index (κ3) is 4.36. The molecule has 7 heteroatoms. The number of carbonyl (C=O) groups excluding carboxylic acids is 2. The lowest BCUT2D eigenvalue weighted by atomic mass is 10.1. The van der Waals surface area contributed by atoms with E-state index in [1.165, 1.54) is 28.4 Å². The normalized spacial score (nSPS) is 13.8. The fourth-order valence-corrected chi connectivity index (χ4v) is 4.19. The van der Waals surface area contributed by atoms with E-state index in [1.807, 2.05) is 60.8 Å². The molecule has 2 heterocycles. The molecule has 0 saturated carbocycles. The van der Waals surface area contributed by atoms with E-state index >= 15 is 0 Å². The van der Waals surface area contributed by atoms with Gasteiger partial charge in [-0.15, -0.1) is 11.3 Å². The van der Waals surface area contributed by atoms with E-state index in [1.54, 1.807) is 12.1 Å². The highest BCUT2D eigenvalue weighted by Gasteiger charge is 2.39. The van der Waals surface area contributed by atoms with Crippen LogP contribution in [0.3, 0.4) is 0 Å². The largest absolute Gasteiger partial charge is 0.378 e. The average Bonchev–Trinajstić information content (AvgIpc) is 3.36. The Labute approximate surface area is 184 Å². The van der Waals surface area contributed by atoms with E-state index < -0.39 is 0 Å². The average molecular weight is 436 g/mol. The summed E-state index contributed by atoms with van der Waals surface area (Å²) in [6.45, 7) is 0.225. The highest BCUT2D eigenvalue weighted by atomic mass is 32.1. The van der Waals surface area contributed by atoms with E-state index in [0.29, 0.717) is 12.0 Å². The Morgan fingerprint density at radius 3 is 2.29 bits per heavy atom. The molecule has 4 rings (SSSR count). The van der Waals surface area contributed by atoms with Crippen LogP contribution in [-0.2, 0) is 16.0 Å². The molecule has 0 atom stereocenters. The van der Waals surface area contributed by atoms with Crippen LogP contribution in [0.15, 0.2) is 71.7 Å². The van der Waals surface area contributed by atoms with E-state index in [0.717, 1.165) is 21.8 Å². The molecule has 1 aromatic heterocycles. The molecule has 0 fully saturated rings. The van der Waals surface area contributed by atoms with Gasteiger partial charge in [0.25, 0.3) is 11.8 Å². The lowest BCUT2D eigenvalue weighted by molar-refractivity contribution is -0.136. The van der Waals surface area contributed by atoms with Crippen molar-refractivity contribution in [2.24, 2.45) is 0 Å². The lowest BCUT2D eigenvalue weighted by Gasteiger charge is -2.16. The standard InChI is InChI=1S/C24H22FN3O2S/c1-27(2)19-11-9-18(10-12-19)26-22-21(20-4-3-15-31-20)23(29)28(24(22)30)14-13-16-5-7-17(25)8-6-16/h3-12,15,26H,13-14H2,1-2H3. The Bertz CT molecular complexity index is 1120. The number of halogens is 1. The molecule has 2 aromatic carbocycles. The molecule has 0 aliphatic carbocycles. The number of nitrogens with zero attached hydrogens (tertiary/aromatic N) is 2. The molecular formula is C24H22FN3O2S. The van der Waals surface area contributed by atoms with Crippen molar-refractivity contribution in [3.05, 3.63) is 88.0 Å². The van der Waals surface area contributed by atoms with Crippen LogP contribution < -0.4 is 10.2 Å². The molecule has 0 spiro atoms. The summed E-state index contributed by atoms with van der Waals surface area (Å²) in [5, 5.41) is 5.05. The zero-order valence-electron chi connectivity index (χ0n) is 17.3. The number of hydrogen-bond acceptors (Lipinski definition) is 5. The summed E-state index contributed by atoms with van der Waals surface area (Å²) in [6.07, 6.45) is 0.459. The molecule has 1 N–H and O–H groups in total. The Hall–Kier alpha value is -3.45. The second kappa shape index (κ2) is 8.73. The Morgan fingerprint density at radius 1 is 0.968 bits per heavy atom. The first-order valence-electron chi connectivity index (χ1n) is 9.87. The van der Waals surface area contributed by atoms with Crippen molar-refractivity contribution in [2.75, 3.05) is 30.9 Å². The number of thiophene rings is 1. The van der Waals surface area contributed by atoms with Gasteiger partial charge in [-0.3, -0.25) is 14.5 Å². The molecule has 1 aliphatic rings. The first kappa shape index (κ1) is 20.8. The molecule has 5 nitrogen and oxygen atoms in total. The number of rotatable bonds is 7. The van der Waals surface area contributed by atoms with Crippen LogP contribution in [-0.4, -0.2) is 37.4 Å². The summed E-state index contributed by atoms with van der Waals surface area (Å²) in [6, 6.07) is 17.4. The third-order valence-corrected chi connectivity index (χ3v) is 6.01. The molecule has 2 amide bonds. The number of nitrogens with one attached hydrogen (secondary N) is 1. The van der Waals surface area contributed by atoms with E-state index in [9.17, 15) is 14.0 Å². The number of benzene rings is 2. The predicted molar refractivity (Wildman–Crippen MR) is 122 cm³/mol. The quantitative estimate of drug-likeness (QED) is 0.560. The first-order chi connectivity index (χ1) is 14.9. The summed E-state index contributed by atoms with van der Waals surface area (Å²) in [4.78, 5) is 30.4. The molecule has 0 unspecified atom stereocenters. The molecule has 0 saturated heterocycles. The number of imide groups is 1. The minimum absolute atomic E-state index is 0.225. The summed E-state index contributed by atoms with van der Waals surface area (Å²) in [5.41, 5.74) is 3.30. The van der Waals surface area contributed by atoms with Gasteiger partial charge in [0, 0.05) is 36.9 Å². The van der Waals surface area contributed by atoms with Crippen LogP contribution in [0.2, 0.25) is 0 Å². The van der Waals surface area contributed by atoms with Gasteiger partial charge in [-0.25, -0.2) is 4.39 Å². The topological polar surface area (TPSA) is 52.7 Å². The fourth-order valence-electron chi connectivity index (χ4n) is 3.42. The van der Waals surface area contributed by atoms with Crippen LogP contribution in [0, 0.1) is 5.82 Å². The second-order valence-corrected chi connectivity index (χ2v) is 8.38. The van der Waals surface area contributed by atoms with Crippen LogP contribution >= 0.6 is 11.3 Å². The van der Waals surface area contributed by atoms with Crippen molar-refractivity contribution >= 4 is 40.1 Å². The number of carbonyl (C=O) groups is 2. The van der Waals surface area contributed by atoms with Crippen molar-refractivity contribution in [1.82, 2.24) is 4.90 Å². The van der Waals surface area contributed by atoms with Crippen molar-refractivity contribution in [2.45, 2.75) is 6.42 Å². The highest BCUT2D eigenvalue weighted by molar-refractivity contribution is 7.11. The zero-order chi connectivity index (χ0) is 22.0. The minimum atomic E-state index is -0.354. The minimum Gasteiger partial charge on any atom is -0.378 e. The van der Waals surface area contributed by atoms with Crippen LogP contribution in [0.4, 0.5) is 15.8 Å². The summed E-state index contributed by atoms with van der Waals surface area (Å²) < 4.78 is 13.2. The van der Waals surface area contributed by atoms with E-state index in [4.69, 9.17) is 0 Å². The SMILES string of the molecule is CN(C)c1ccc(NC2=C(c3cccs3)C(=O)N(CCc3ccc(F)cc3)C2=O)cc1. The maximum Gasteiger partial charge on any atom is 0.278 e. The molecule has 1 aliphatic heterocycles. The Morgan fingerprint density at radius 2 is 1.68 bits per heavy atom. The van der Waals surface area contributed by atoms with Crippen LogP contribution in [0.1, 0.15) is 10.4 Å². The first-order valence-corrected chi connectivity index (χ1v) is 10.7. The summed E-state index contributed by atoms with van der Waals surface area (Å²) in [5.74, 6) is -0.986. The van der Waals surface area contributed by atoms with Crippen LogP contribution in [0.5, 0.6) is 0 Å². The van der Waals surface area contributed by atoms with Crippen LogP contribution in [0.25, 0.3) is 5.57 Å². The molecular weight excluding hydrogens is 413 g/mol. The summed E-state index contributed by atoms with van der Waals surface area (Å²) >= 11 is 1.42. The van der Waals surface area contributed by atoms with E-state index in [2.05, 4.69) is 5.32 Å². The summed E-state index contributed by atoms with van der Waals surface area (Å²) in [7, 11) is 3.91. The molecule has 3 aromatic rings. The Kier molecular flexibility index (Phi) is 5.86. The molecule has 0 bridgehead atoms. The highest BCUT2D eigenvalue weighted by Crippen LogP contribution is 2.33. The predicted octanol–water partition coefficient (Wildman–Crippen LogP) is 4.39. The van der Waals surface area contributed by atoms with Gasteiger partial charge in [-0.2, -0.15) is 0 Å². The number of amides is 2. The molecule has 31 heavy (non-hydrogen) atoms. The molecule has 0 radical (unpaired) electrons. The maximum absolute atomic E-state index is 13.2. The zero-order valence-corrected chi connectivity index (χ0v) is 18.1. The maximum atomic E-state index is 13.2. The number of anilines is 2. The lowest BCUT2D eigenvalue weighted by Crippen LogP contribution is -2.34. The second-order valence-electron chi connectivity index (χ2n) is 7.43. The third-order valence-electron chi connectivity index (χ3n) is 5.13. The van der Waals surface area contributed by atoms with Gasteiger partial charge in [-0.05, 0) is 59.8 Å². The van der Waals surface area contributed by atoms with Gasteiger partial charge >= 0.3 is 0 Å². The molecule has 158 valence electrons. The van der Waals surface area contributed by atoms with E-state index in [-0.39, 0.29) is 29.9 Å². The number of hydrogen-bond donors (Lipinski definition) is 1. The van der Waals surface area contributed by atoms with Gasteiger partial charge in [-0.1, -0.05) is 18.2 Å².